The minimum absolute atomic E-state index is 0.320. The fraction of sp³-hybridized carbons (Fsp3) is 0.625. The molecule has 0 aliphatic rings. The molecule has 0 aliphatic carbocycles. The fourth-order valence-corrected chi connectivity index (χ4v) is 2.45. The summed E-state index contributed by atoms with van der Waals surface area (Å²) in [6.07, 6.45) is 2.12. The number of nitrogens with two attached hydrogens (primary N) is 1. The van der Waals surface area contributed by atoms with Crippen molar-refractivity contribution in [2.75, 3.05) is 19.7 Å². The van der Waals surface area contributed by atoms with Crippen molar-refractivity contribution in [1.82, 2.24) is 5.32 Å². The van der Waals surface area contributed by atoms with Crippen LogP contribution in [0.2, 0.25) is 0 Å². The monoisotopic (exact) mass is 358 g/mol. The highest BCUT2D eigenvalue weighted by Gasteiger charge is 2.08. The second-order valence-corrected chi connectivity index (χ2v) is 6.35. The second kappa shape index (κ2) is 10.2. The van der Waals surface area contributed by atoms with Gasteiger partial charge in [0.1, 0.15) is 5.75 Å². The zero-order valence-corrected chi connectivity index (χ0v) is 14.5. The third-order valence-electron chi connectivity index (χ3n) is 3.15. The molecular formula is C16H27BrN2O2. The lowest BCUT2D eigenvalue weighted by molar-refractivity contribution is 0.159. The number of aryl methyl sites for hydroxylation is 1. The molecule has 1 atom stereocenters. The molecule has 0 spiro atoms. The smallest absolute Gasteiger partial charge is 0.120 e. The molecule has 21 heavy (non-hydrogen) atoms. The SMILES string of the molecule is CC(C)NC[C@H](O)CCc1ccc(OCCCN)cc1Br. The zero-order valence-electron chi connectivity index (χ0n) is 12.9. The first kappa shape index (κ1) is 18.4. The molecule has 5 heteroatoms. The molecule has 1 aromatic carbocycles. The Labute approximate surface area is 136 Å². The van der Waals surface area contributed by atoms with Gasteiger partial charge >= 0.3 is 0 Å². The summed E-state index contributed by atoms with van der Waals surface area (Å²) in [4.78, 5) is 0. The molecule has 0 aliphatic heterocycles. The van der Waals surface area contributed by atoms with Crippen LogP contribution < -0.4 is 15.8 Å². The summed E-state index contributed by atoms with van der Waals surface area (Å²) < 4.78 is 6.63. The van der Waals surface area contributed by atoms with Crippen LogP contribution in [0.3, 0.4) is 0 Å². The van der Waals surface area contributed by atoms with Gasteiger partial charge in [-0.2, -0.15) is 0 Å². The second-order valence-electron chi connectivity index (χ2n) is 5.50. The van der Waals surface area contributed by atoms with Gasteiger partial charge in [0.15, 0.2) is 0 Å². The molecule has 0 bridgehead atoms. The molecule has 4 N–H and O–H groups in total. The Kier molecular flexibility index (Phi) is 8.92. The number of benzene rings is 1. The van der Waals surface area contributed by atoms with Crippen molar-refractivity contribution < 1.29 is 9.84 Å². The number of aliphatic hydroxyl groups is 1. The molecule has 0 fully saturated rings. The standard InChI is InChI=1S/C16H27BrN2O2/c1-12(2)19-11-14(20)6-4-13-5-7-15(10-16(13)17)21-9-3-8-18/h5,7,10,12,14,19-20H,3-4,6,8-9,11,18H2,1-2H3/t14-/m1/s1. The number of aliphatic hydroxyl groups excluding tert-OH is 1. The molecule has 0 aromatic heterocycles. The lowest BCUT2D eigenvalue weighted by Gasteiger charge is -2.15. The summed E-state index contributed by atoms with van der Waals surface area (Å²) in [5.41, 5.74) is 6.62. The van der Waals surface area contributed by atoms with Crippen molar-refractivity contribution in [3.63, 3.8) is 0 Å². The predicted molar refractivity (Wildman–Crippen MR) is 90.8 cm³/mol. The van der Waals surface area contributed by atoms with Crippen molar-refractivity contribution in [2.45, 2.75) is 45.3 Å². The largest absolute Gasteiger partial charge is 0.494 e. The van der Waals surface area contributed by atoms with Crippen molar-refractivity contribution in [1.29, 1.82) is 0 Å². The molecule has 0 saturated heterocycles. The van der Waals surface area contributed by atoms with Crippen LogP contribution in [0.5, 0.6) is 5.75 Å². The van der Waals surface area contributed by atoms with Crippen LogP contribution in [0.25, 0.3) is 0 Å². The number of nitrogens with one attached hydrogen (secondary N) is 1. The predicted octanol–water partition coefficient (Wildman–Crippen LogP) is 2.47. The van der Waals surface area contributed by atoms with E-state index >= 15 is 0 Å². The van der Waals surface area contributed by atoms with Crippen LogP contribution in [0, 0.1) is 0 Å². The molecular weight excluding hydrogens is 332 g/mol. The summed E-state index contributed by atoms with van der Waals surface area (Å²) in [5, 5.41) is 13.2. The molecule has 0 unspecified atom stereocenters. The maximum Gasteiger partial charge on any atom is 0.120 e. The van der Waals surface area contributed by atoms with E-state index in [4.69, 9.17) is 10.5 Å². The molecule has 1 rings (SSSR count). The van der Waals surface area contributed by atoms with E-state index in [0.29, 0.717) is 25.7 Å². The first-order valence-electron chi connectivity index (χ1n) is 7.55. The van der Waals surface area contributed by atoms with Gasteiger partial charge < -0.3 is 20.9 Å². The lowest BCUT2D eigenvalue weighted by Crippen LogP contribution is -2.32. The summed E-state index contributed by atoms with van der Waals surface area (Å²) in [7, 11) is 0. The van der Waals surface area contributed by atoms with Gasteiger partial charge in [-0.3, -0.25) is 0 Å². The molecule has 120 valence electrons. The van der Waals surface area contributed by atoms with Crippen molar-refractivity contribution in [3.8, 4) is 5.75 Å². The molecule has 4 nitrogen and oxygen atoms in total. The van der Waals surface area contributed by atoms with Gasteiger partial charge in [-0.05, 0) is 43.5 Å². The van der Waals surface area contributed by atoms with Gasteiger partial charge in [-0.25, -0.2) is 0 Å². The van der Waals surface area contributed by atoms with Gasteiger partial charge in [-0.1, -0.05) is 35.8 Å². The van der Waals surface area contributed by atoms with Crippen LogP contribution in [0.1, 0.15) is 32.3 Å². The van der Waals surface area contributed by atoms with E-state index in [9.17, 15) is 5.11 Å². The van der Waals surface area contributed by atoms with Crippen LogP contribution in [0.4, 0.5) is 0 Å². The third-order valence-corrected chi connectivity index (χ3v) is 3.89. The van der Waals surface area contributed by atoms with Crippen LogP contribution in [-0.4, -0.2) is 36.9 Å². The number of ether oxygens (including phenoxy) is 1. The van der Waals surface area contributed by atoms with Gasteiger partial charge in [0.2, 0.25) is 0 Å². The van der Waals surface area contributed by atoms with E-state index in [1.54, 1.807) is 0 Å². The summed E-state index contributed by atoms with van der Waals surface area (Å²) in [6.45, 7) is 6.07. The first-order chi connectivity index (χ1) is 10.0. The molecule has 0 amide bonds. The number of hydrogen-bond acceptors (Lipinski definition) is 4. The quantitative estimate of drug-likeness (QED) is 0.562. The van der Waals surface area contributed by atoms with E-state index in [1.165, 1.54) is 5.56 Å². The summed E-state index contributed by atoms with van der Waals surface area (Å²) in [6, 6.07) is 6.39. The van der Waals surface area contributed by atoms with Gasteiger partial charge in [0.05, 0.1) is 12.7 Å². The van der Waals surface area contributed by atoms with Gasteiger partial charge in [0, 0.05) is 17.1 Å². The maximum absolute atomic E-state index is 9.93. The van der Waals surface area contributed by atoms with Crippen molar-refractivity contribution in [2.24, 2.45) is 5.73 Å². The van der Waals surface area contributed by atoms with E-state index in [-0.39, 0.29) is 6.10 Å². The molecule has 0 radical (unpaired) electrons. The molecule has 1 aromatic rings. The van der Waals surface area contributed by atoms with Crippen LogP contribution in [-0.2, 0) is 6.42 Å². The van der Waals surface area contributed by atoms with Gasteiger partial charge in [0.25, 0.3) is 0 Å². The normalized spacial score (nSPS) is 12.7. The average molecular weight is 359 g/mol. The van der Waals surface area contributed by atoms with Gasteiger partial charge in [-0.15, -0.1) is 0 Å². The van der Waals surface area contributed by atoms with E-state index < -0.39 is 0 Å². The van der Waals surface area contributed by atoms with E-state index in [2.05, 4.69) is 35.1 Å². The fourth-order valence-electron chi connectivity index (χ4n) is 1.89. The number of halogens is 1. The zero-order chi connectivity index (χ0) is 15.7. The molecule has 0 heterocycles. The maximum atomic E-state index is 9.93. The van der Waals surface area contributed by atoms with Crippen molar-refractivity contribution >= 4 is 15.9 Å². The van der Waals surface area contributed by atoms with E-state index in [1.807, 2.05) is 18.2 Å². The topological polar surface area (TPSA) is 67.5 Å². The summed E-state index contributed by atoms with van der Waals surface area (Å²) in [5.74, 6) is 0.848. The van der Waals surface area contributed by atoms with Crippen LogP contribution in [0.15, 0.2) is 22.7 Å². The lowest BCUT2D eigenvalue weighted by atomic mass is 10.1. The van der Waals surface area contributed by atoms with Crippen molar-refractivity contribution in [3.05, 3.63) is 28.2 Å². The highest BCUT2D eigenvalue weighted by molar-refractivity contribution is 9.10. The Balaban J connectivity index is 2.41. The first-order valence-corrected chi connectivity index (χ1v) is 8.35. The minimum Gasteiger partial charge on any atom is -0.494 e. The average Bonchev–Trinajstić information content (AvgIpc) is 2.44. The Morgan fingerprint density at radius 3 is 2.76 bits per heavy atom. The minimum atomic E-state index is -0.320. The Bertz CT molecular complexity index is 413. The van der Waals surface area contributed by atoms with Crippen LogP contribution >= 0.6 is 15.9 Å². The highest BCUT2D eigenvalue weighted by atomic mass is 79.9. The summed E-state index contributed by atoms with van der Waals surface area (Å²) >= 11 is 3.57. The Morgan fingerprint density at radius 1 is 1.38 bits per heavy atom. The van der Waals surface area contributed by atoms with E-state index in [0.717, 1.165) is 29.5 Å². The Morgan fingerprint density at radius 2 is 2.14 bits per heavy atom. The molecule has 0 saturated carbocycles. The Hall–Kier alpha value is -0.620. The third kappa shape index (κ3) is 7.81. The number of rotatable bonds is 10. The number of hydrogen-bond donors (Lipinski definition) is 3. The highest BCUT2D eigenvalue weighted by Crippen LogP contribution is 2.24.